The lowest BCUT2D eigenvalue weighted by molar-refractivity contribution is -0.278. The summed E-state index contributed by atoms with van der Waals surface area (Å²) in [5.41, 5.74) is 0.313. The fourth-order valence-electron chi connectivity index (χ4n) is 11.0. The Morgan fingerprint density at radius 3 is 2.24 bits per heavy atom. The largest absolute Gasteiger partial charge is 0.465 e. The minimum absolute atomic E-state index is 0.0233. The Morgan fingerprint density at radius 2 is 1.58 bits per heavy atom. The zero-order chi connectivity index (χ0) is 28.1. The minimum Gasteiger partial charge on any atom is -0.465 e. The maximum absolute atomic E-state index is 13.2. The van der Waals surface area contributed by atoms with Crippen molar-refractivity contribution in [2.75, 3.05) is 6.61 Å². The van der Waals surface area contributed by atoms with Gasteiger partial charge in [-0.2, -0.15) is 0 Å². The van der Waals surface area contributed by atoms with Crippen LogP contribution in [0.3, 0.4) is 0 Å². The molecule has 4 saturated carbocycles. The average Bonchev–Trinajstić information content (AvgIpc) is 2.86. The van der Waals surface area contributed by atoms with Gasteiger partial charge in [0.2, 0.25) is 0 Å². The molecule has 11 atom stereocenters. The smallest absolute Gasteiger partial charge is 0.311 e. The molecule has 0 heterocycles. The van der Waals surface area contributed by atoms with E-state index in [1.54, 1.807) is 5.57 Å². The van der Waals surface area contributed by atoms with Crippen LogP contribution in [0.15, 0.2) is 11.6 Å². The van der Waals surface area contributed by atoms with E-state index in [0.29, 0.717) is 12.5 Å². The third-order valence-electron chi connectivity index (χ3n) is 13.9. The van der Waals surface area contributed by atoms with Crippen LogP contribution in [0.2, 0.25) is 0 Å². The van der Waals surface area contributed by atoms with Gasteiger partial charge < -0.3 is 20.1 Å². The number of aliphatic hydroxyl groups excluding tert-OH is 3. The van der Waals surface area contributed by atoms with Gasteiger partial charge in [0.05, 0.1) is 24.2 Å². The highest BCUT2D eigenvalue weighted by atomic mass is 16.5. The Kier molecular flexibility index (Phi) is 6.62. The van der Waals surface area contributed by atoms with Crippen LogP contribution in [0, 0.1) is 50.2 Å². The predicted octanol–water partition coefficient (Wildman–Crippen LogP) is 6.04. The highest BCUT2D eigenvalue weighted by Crippen LogP contribution is 2.75. The summed E-state index contributed by atoms with van der Waals surface area (Å²) in [5.74, 6) is 0.688. The summed E-state index contributed by atoms with van der Waals surface area (Å²) < 4.78 is 5.71. The summed E-state index contributed by atoms with van der Waals surface area (Å²) in [7, 11) is 0. The van der Waals surface area contributed by atoms with Gasteiger partial charge in [-0.3, -0.25) is 4.79 Å². The Hall–Kier alpha value is -0.910. The summed E-state index contributed by atoms with van der Waals surface area (Å²) in [6.07, 6.45) is 8.33. The monoisotopic (exact) mass is 530 g/mol. The quantitative estimate of drug-likeness (QED) is 0.306. The third-order valence-corrected chi connectivity index (χ3v) is 13.9. The van der Waals surface area contributed by atoms with E-state index in [0.717, 1.165) is 57.8 Å². The Labute approximate surface area is 230 Å². The first-order valence-electron chi connectivity index (χ1n) is 15.4. The van der Waals surface area contributed by atoms with Crippen molar-refractivity contribution in [1.82, 2.24) is 0 Å². The van der Waals surface area contributed by atoms with Crippen molar-refractivity contribution in [3.63, 3.8) is 0 Å². The van der Waals surface area contributed by atoms with Crippen LogP contribution >= 0.6 is 0 Å². The van der Waals surface area contributed by atoms with Crippen molar-refractivity contribution in [3.8, 4) is 0 Å². The number of rotatable bonds is 3. The molecule has 38 heavy (non-hydrogen) atoms. The fraction of sp³-hybridized carbons (Fsp3) is 0.909. The van der Waals surface area contributed by atoms with Gasteiger partial charge >= 0.3 is 5.97 Å². The van der Waals surface area contributed by atoms with Gasteiger partial charge in [-0.05, 0) is 104 Å². The molecule has 5 aliphatic rings. The van der Waals surface area contributed by atoms with Crippen molar-refractivity contribution in [2.45, 2.75) is 131 Å². The predicted molar refractivity (Wildman–Crippen MR) is 149 cm³/mol. The van der Waals surface area contributed by atoms with Crippen LogP contribution in [-0.2, 0) is 9.53 Å². The maximum atomic E-state index is 13.2. The number of ether oxygens (including phenoxy) is 1. The van der Waals surface area contributed by atoms with E-state index < -0.39 is 34.6 Å². The van der Waals surface area contributed by atoms with Crippen LogP contribution in [-0.4, -0.2) is 46.2 Å². The Morgan fingerprint density at radius 1 is 0.921 bits per heavy atom. The van der Waals surface area contributed by atoms with E-state index >= 15 is 0 Å². The number of allylic oxidation sites excluding steroid dienone is 2. The summed E-state index contributed by atoms with van der Waals surface area (Å²) in [4.78, 5) is 13.2. The molecule has 0 unspecified atom stereocenters. The molecule has 5 nitrogen and oxygen atoms in total. The molecule has 0 saturated heterocycles. The number of hydrogen-bond donors (Lipinski definition) is 3. The lowest BCUT2D eigenvalue weighted by Crippen LogP contribution is -2.71. The first-order valence-corrected chi connectivity index (χ1v) is 15.4. The van der Waals surface area contributed by atoms with Gasteiger partial charge in [-0.25, -0.2) is 0 Å². The number of aliphatic hydroxyl groups is 3. The number of carbonyl (C=O) groups excluding carboxylic acids is 1. The van der Waals surface area contributed by atoms with E-state index in [1.165, 1.54) is 0 Å². The van der Waals surface area contributed by atoms with Gasteiger partial charge in [0.15, 0.2) is 0 Å². The van der Waals surface area contributed by atoms with Crippen LogP contribution in [0.4, 0.5) is 0 Å². The van der Waals surface area contributed by atoms with Crippen molar-refractivity contribution in [1.29, 1.82) is 0 Å². The molecule has 0 aromatic heterocycles. The normalized spacial score (nSPS) is 53.5. The molecule has 5 rings (SSSR count). The minimum atomic E-state index is -1.13. The summed E-state index contributed by atoms with van der Waals surface area (Å²) >= 11 is 0. The number of carbonyl (C=O) groups is 1. The van der Waals surface area contributed by atoms with E-state index in [-0.39, 0.29) is 34.1 Å². The first kappa shape index (κ1) is 28.6. The molecule has 3 N–H and O–H groups in total. The molecule has 0 aliphatic heterocycles. The highest BCUT2D eigenvalue weighted by molar-refractivity contribution is 5.76. The average molecular weight is 531 g/mol. The molecular formula is C33H54O5. The van der Waals surface area contributed by atoms with Gasteiger partial charge in [0.1, 0.15) is 6.10 Å². The zero-order valence-electron chi connectivity index (χ0n) is 25.3. The molecule has 0 amide bonds. The van der Waals surface area contributed by atoms with Crippen LogP contribution < -0.4 is 0 Å². The molecule has 216 valence electrons. The topological polar surface area (TPSA) is 87.0 Å². The van der Waals surface area contributed by atoms with Gasteiger partial charge in [0.25, 0.3) is 0 Å². The van der Waals surface area contributed by atoms with E-state index in [1.807, 2.05) is 6.92 Å². The van der Waals surface area contributed by atoms with E-state index in [9.17, 15) is 20.1 Å². The summed E-state index contributed by atoms with van der Waals surface area (Å²) in [6, 6.07) is 0. The second kappa shape index (κ2) is 8.79. The summed E-state index contributed by atoms with van der Waals surface area (Å²) in [6.45, 7) is 18.4. The SMILES string of the molecule is CCCOC(=O)[C@@]1(C)CC[C@]2(C)CC[C@]3(C)C(=CC[C@@H]4[C@@]5(C)[C@@H](O)[C@H](O)[C@H](O)C(C)(C)[C@@H]5CC[C@]43C)[C@@H]2C1. The first-order chi connectivity index (χ1) is 17.5. The Bertz CT molecular complexity index is 1000. The van der Waals surface area contributed by atoms with Gasteiger partial charge in [0, 0.05) is 5.41 Å². The second-order valence-electron chi connectivity index (χ2n) is 16.0. The van der Waals surface area contributed by atoms with E-state index in [4.69, 9.17) is 4.74 Å². The molecule has 0 aromatic rings. The molecule has 0 aromatic carbocycles. The number of fused-ring (bicyclic) bond motifs is 7. The van der Waals surface area contributed by atoms with Crippen molar-refractivity contribution in [2.24, 2.45) is 50.2 Å². The maximum Gasteiger partial charge on any atom is 0.311 e. The molecule has 0 bridgehead atoms. The molecular weight excluding hydrogens is 476 g/mol. The van der Waals surface area contributed by atoms with Crippen LogP contribution in [0.5, 0.6) is 0 Å². The third kappa shape index (κ3) is 3.49. The van der Waals surface area contributed by atoms with Crippen molar-refractivity contribution in [3.05, 3.63) is 11.6 Å². The zero-order valence-corrected chi connectivity index (χ0v) is 25.3. The molecule has 5 aliphatic carbocycles. The number of esters is 1. The van der Waals surface area contributed by atoms with Crippen LogP contribution in [0.1, 0.15) is 113 Å². The molecule has 5 heteroatoms. The second-order valence-corrected chi connectivity index (χ2v) is 16.0. The molecule has 0 radical (unpaired) electrons. The fourth-order valence-corrected chi connectivity index (χ4v) is 11.0. The van der Waals surface area contributed by atoms with E-state index in [2.05, 4.69) is 54.5 Å². The Balaban J connectivity index is 1.55. The molecule has 0 spiro atoms. The standard InChI is InChI=1S/C33H54O5/c1-9-18-38-27(37)30(5)15-14-29(4)16-17-31(6)20(21(29)19-30)10-11-23-32(31,7)13-12-22-28(2,3)25(35)24(34)26(36)33(22,23)8/h10,21-26,34-36H,9,11-19H2,1-8H3/t21-,22-,23-,24+,25-,26-,29+,30-,31+,32+,33-/m0/s1. The van der Waals surface area contributed by atoms with Crippen LogP contribution in [0.25, 0.3) is 0 Å². The van der Waals surface area contributed by atoms with Crippen molar-refractivity contribution < 1.29 is 24.9 Å². The van der Waals surface area contributed by atoms with Crippen molar-refractivity contribution >= 4 is 5.97 Å². The van der Waals surface area contributed by atoms with Gasteiger partial charge in [-0.1, -0.05) is 60.1 Å². The molecule has 4 fully saturated rings. The van der Waals surface area contributed by atoms with Gasteiger partial charge in [-0.15, -0.1) is 0 Å². The highest BCUT2D eigenvalue weighted by Gasteiger charge is 2.71. The number of hydrogen-bond acceptors (Lipinski definition) is 5. The summed E-state index contributed by atoms with van der Waals surface area (Å²) in [5, 5.41) is 33.6. The lowest BCUT2D eigenvalue weighted by Gasteiger charge is -2.72. The lowest BCUT2D eigenvalue weighted by atomic mass is 9.33.